The van der Waals surface area contributed by atoms with Gasteiger partial charge in [0.25, 0.3) is 0 Å². The molecule has 17 nitrogen and oxygen atoms in total. The summed E-state index contributed by atoms with van der Waals surface area (Å²) in [6, 6.07) is 52.4. The summed E-state index contributed by atoms with van der Waals surface area (Å²) in [4.78, 5) is 49.6. The van der Waals surface area contributed by atoms with E-state index in [4.69, 9.17) is 29.4 Å². The summed E-state index contributed by atoms with van der Waals surface area (Å²) in [5, 5.41) is 3.31. The summed E-state index contributed by atoms with van der Waals surface area (Å²) in [7, 11) is 1.62. The number of halogens is 5. The van der Waals surface area contributed by atoms with Gasteiger partial charge in [0.1, 0.15) is 23.9 Å². The summed E-state index contributed by atoms with van der Waals surface area (Å²) in [5.74, 6) is 9.27. The molecule has 7 aromatic heterocycles. The number of allylic oxidation sites excluding steroid dienone is 2. The first-order chi connectivity index (χ1) is 65.2. The first kappa shape index (κ1) is 120. The highest BCUT2D eigenvalue weighted by atomic mass is 19.4. The predicted molar refractivity (Wildman–Crippen MR) is 558 cm³/mol. The lowest BCUT2D eigenvalue weighted by Crippen LogP contribution is -2.46. The van der Waals surface area contributed by atoms with E-state index < -0.39 is 17.7 Å². The fraction of sp³-hybridized carbons (Fsp3) is 0.440. The zero-order chi connectivity index (χ0) is 103. The Balaban J connectivity index is 0.000000388. The number of esters is 1. The lowest BCUT2D eigenvalue weighted by Gasteiger charge is -2.27. The Kier molecular flexibility index (Phi) is 56.5. The van der Waals surface area contributed by atoms with Crippen molar-refractivity contribution in [1.82, 2.24) is 40.2 Å². The Hall–Kier alpha value is -12.0. The molecule has 0 bridgehead atoms. The highest BCUT2D eigenvalue weighted by molar-refractivity contribution is 5.95. The van der Waals surface area contributed by atoms with Crippen LogP contribution >= 0.6 is 0 Å². The van der Waals surface area contributed by atoms with Gasteiger partial charge in [0, 0.05) is 89.0 Å². The van der Waals surface area contributed by atoms with Crippen LogP contribution in [0.1, 0.15) is 346 Å². The van der Waals surface area contributed by atoms with E-state index in [2.05, 4.69) is 248 Å². The van der Waals surface area contributed by atoms with Crippen LogP contribution < -0.4 is 34.7 Å². The number of hydrogen-bond donors (Lipinski definition) is 2. The summed E-state index contributed by atoms with van der Waals surface area (Å²) in [6.07, 6.45) is 19.6. The van der Waals surface area contributed by atoms with Crippen molar-refractivity contribution in [2.24, 2.45) is 11.8 Å². The molecule has 22 heteroatoms. The van der Waals surface area contributed by atoms with E-state index in [-0.39, 0.29) is 23.5 Å². The number of aromatic nitrogens is 7. The maximum Gasteiger partial charge on any atom is 0.417 e. The second-order valence-corrected chi connectivity index (χ2v) is 37.4. The number of carbonyl (C=O) groups is 2. The monoisotopic (exact) mass is 1900 g/mol. The Morgan fingerprint density at radius 3 is 1.60 bits per heavy atom. The Labute approximate surface area is 823 Å². The Morgan fingerprint density at radius 2 is 1.11 bits per heavy atom. The van der Waals surface area contributed by atoms with Crippen molar-refractivity contribution in [2.75, 3.05) is 46.0 Å². The topological polar surface area (TPSA) is 218 Å². The van der Waals surface area contributed by atoms with Gasteiger partial charge in [0.15, 0.2) is 17.3 Å². The number of hydrogen-bond acceptors (Lipinski definition) is 17. The molecule has 0 saturated carbocycles. The number of nitrogen functional groups attached to an aromatic ring is 1. The molecule has 3 aliphatic rings. The van der Waals surface area contributed by atoms with E-state index in [9.17, 15) is 31.5 Å². The van der Waals surface area contributed by atoms with Crippen LogP contribution in [0.3, 0.4) is 0 Å². The third-order valence-electron chi connectivity index (χ3n) is 21.1. The SMILES string of the molecule is CC(=O)c1ccccc1C(C)C.CC(C)C/C=C/c1ccccc1.CC(C)c1ccc(C(F)(F)F)cn1.CC(C)c1ccc(F)cn1.CC(C)c1ccc2c(c1)OCO2.CC(C)c1cccc2c1CCO2.CC(C)c1ccnc(F)c1.CC(C)c1cncc(OCC2CCN2)c1.CCOC(=O)/C=C\C(C)C.COc1ncc(N)cc1C(C)C.Cc1ccc(C(C)C)cn1.Cc1ccnc(C(C)C)c1. The second-order valence-electron chi connectivity index (χ2n) is 37.4. The Bertz CT molecular complexity index is 5180. The van der Waals surface area contributed by atoms with E-state index in [1.807, 2.05) is 148 Å². The van der Waals surface area contributed by atoms with E-state index in [0.717, 1.165) is 107 Å². The number of Topliss-reactive ketones (excluding diaryl/α,β-unsaturated/α-hetero) is 1. The number of pyridine rings is 7. The average molecular weight is 1900 g/mol. The van der Waals surface area contributed by atoms with Gasteiger partial charge in [-0.2, -0.15) is 17.6 Å². The summed E-state index contributed by atoms with van der Waals surface area (Å²) in [6.45, 7) is 61.5. The molecule has 3 aliphatic heterocycles. The number of fused-ring (bicyclic) bond motifs is 2. The molecule has 10 heterocycles. The normalized spacial score (nSPS) is 12.4. The number of alkyl halides is 3. The molecule has 4 aromatic carbocycles. The highest BCUT2D eigenvalue weighted by Gasteiger charge is 2.31. The predicted octanol–water partition coefficient (Wildman–Crippen LogP) is 30.5. The number of benzene rings is 4. The van der Waals surface area contributed by atoms with Gasteiger partial charge in [-0.15, -0.1) is 0 Å². The number of nitrogens with zero attached hydrogens (tertiary/aromatic N) is 7. The minimum atomic E-state index is -4.29. The molecule has 14 rings (SSSR count). The number of rotatable bonds is 21. The lowest BCUT2D eigenvalue weighted by molar-refractivity contribution is -0.138. The fourth-order valence-corrected chi connectivity index (χ4v) is 12.6. The molecule has 3 N–H and O–H groups in total. The maximum absolute atomic E-state index is 12.4. The van der Waals surface area contributed by atoms with Crippen molar-refractivity contribution in [1.29, 1.82) is 0 Å². The van der Waals surface area contributed by atoms with Gasteiger partial charge >= 0.3 is 12.1 Å². The van der Waals surface area contributed by atoms with Crippen molar-refractivity contribution < 1.29 is 60.0 Å². The number of anilines is 1. The van der Waals surface area contributed by atoms with Crippen LogP contribution in [0.15, 0.2) is 232 Å². The molecule has 0 amide bonds. The van der Waals surface area contributed by atoms with Crippen molar-refractivity contribution in [3.63, 3.8) is 0 Å². The summed E-state index contributed by atoms with van der Waals surface area (Å²) in [5.41, 5.74) is 22.8. The van der Waals surface area contributed by atoms with Crippen molar-refractivity contribution in [2.45, 2.75) is 285 Å². The molecule has 11 aromatic rings. The summed E-state index contributed by atoms with van der Waals surface area (Å²) < 4.78 is 92.4. The number of ether oxygens (including phenoxy) is 6. The van der Waals surface area contributed by atoms with Crippen LogP contribution in [0.2, 0.25) is 0 Å². The van der Waals surface area contributed by atoms with Crippen LogP contribution in [0, 0.1) is 37.4 Å². The molecular weight excluding hydrogens is 1740 g/mol. The van der Waals surface area contributed by atoms with Gasteiger partial charge in [-0.3, -0.25) is 29.7 Å². The van der Waals surface area contributed by atoms with Gasteiger partial charge in [-0.05, 0) is 248 Å². The molecule has 0 radical (unpaired) electrons. The van der Waals surface area contributed by atoms with E-state index >= 15 is 0 Å². The largest absolute Gasteiger partial charge is 0.493 e. The minimum absolute atomic E-state index is 0.152. The zero-order valence-corrected chi connectivity index (χ0v) is 87.5. The van der Waals surface area contributed by atoms with Crippen molar-refractivity contribution in [3.8, 4) is 28.9 Å². The van der Waals surface area contributed by atoms with Crippen LogP contribution in [-0.4, -0.2) is 93.0 Å². The highest BCUT2D eigenvalue weighted by Crippen LogP contribution is 2.36. The molecule has 750 valence electrons. The molecule has 0 aliphatic carbocycles. The molecule has 1 fully saturated rings. The molecular formula is C116H158F5N9O8. The fourth-order valence-electron chi connectivity index (χ4n) is 12.6. The third-order valence-corrected chi connectivity index (χ3v) is 21.1. The molecule has 1 unspecified atom stereocenters. The number of ketones is 1. The van der Waals surface area contributed by atoms with Crippen LogP contribution in [0.5, 0.6) is 28.9 Å². The summed E-state index contributed by atoms with van der Waals surface area (Å²) >= 11 is 0. The lowest BCUT2D eigenvalue weighted by atomic mass is 9.95. The molecule has 1 saturated heterocycles. The van der Waals surface area contributed by atoms with Gasteiger partial charge in [0.2, 0.25) is 18.6 Å². The second kappa shape index (κ2) is 64.9. The van der Waals surface area contributed by atoms with Crippen molar-refractivity contribution in [3.05, 3.63) is 333 Å². The number of methoxy groups -OCH3 is 1. The maximum atomic E-state index is 12.4. The molecule has 0 spiro atoms. The number of carbonyl (C=O) groups excluding carboxylic acids is 2. The average Bonchev–Trinajstić information content (AvgIpc) is 1.65. The van der Waals surface area contributed by atoms with Gasteiger partial charge in [-0.25, -0.2) is 19.2 Å². The van der Waals surface area contributed by atoms with E-state index in [0.29, 0.717) is 95.9 Å². The first-order valence-corrected chi connectivity index (χ1v) is 48.3. The van der Waals surface area contributed by atoms with E-state index in [1.165, 1.54) is 87.7 Å². The minimum Gasteiger partial charge on any atom is -0.493 e. The van der Waals surface area contributed by atoms with Crippen LogP contribution in [0.25, 0.3) is 6.08 Å². The smallest absolute Gasteiger partial charge is 0.417 e. The number of aryl methyl sites for hydroxylation is 2. The third kappa shape index (κ3) is 48.8. The first-order valence-electron chi connectivity index (χ1n) is 48.3. The van der Waals surface area contributed by atoms with Gasteiger partial charge in [0.05, 0.1) is 50.2 Å². The van der Waals surface area contributed by atoms with Crippen LogP contribution in [0.4, 0.5) is 27.6 Å². The molecule has 1 atom stereocenters. The van der Waals surface area contributed by atoms with Crippen LogP contribution in [-0.2, 0) is 22.1 Å². The van der Waals surface area contributed by atoms with Crippen molar-refractivity contribution >= 4 is 23.5 Å². The van der Waals surface area contributed by atoms with Gasteiger partial charge < -0.3 is 39.5 Å². The standard InChI is InChI=1S/C12H18N2O.C12H16.2C11H14O.C10H12O2.C9H10F3N.C9H14N2O.2C9H13N.2C8H10FN.C8H14O2/c1-9(2)10-5-12(7-13-6-10)15-8-11-3-4-14-11;1-11(2)7-6-10-12-8-4-3-5-9-12;1-8(2)9-4-3-5-11-10(9)6-7-12-11;1-8(2)10-6-4-5-7-11(10)9(3)12;1-7(2)8-3-4-9-10(5-8)12-6-11-9;1-6(2)8-4-3-7(5-13-8)9(10,11)12;1-6(2)8-4-7(10)5-11-9(8)12-3;1-7(2)9-5-4-8(3)10-6-9;1-7(2)9-6-8(3)4-5-10-9;1-6(2)8-4-3-7(9)5-10-8;1-6(2)7-3-4-10-8(9)5-7;1-4-10-8(9)6-5-7(2)3/h5-7,9,11,14H,3-4,8H2,1-2H3;3-6,8-11H,7H2,1-2H3;3-5,8H,6-7H2,1-2H3;4-8H,1-3H3;3-5,7H,6H2,1-2H3;3-6H,1-2H3;4-6H,10H2,1-3H3;2*4-7H,1-3H3;2*3-6H,1-2H3;5-7H,4H2,1-3H3/b;10-6+;;;;;;;;;;6-5-. The zero-order valence-electron chi connectivity index (χ0n) is 87.5. The number of nitrogens with one attached hydrogen (secondary N) is 1. The van der Waals surface area contributed by atoms with Gasteiger partial charge in [-0.1, -0.05) is 263 Å². The Morgan fingerprint density at radius 1 is 0.522 bits per heavy atom. The quantitative estimate of drug-likeness (QED) is 0.0225. The molecule has 138 heavy (non-hydrogen) atoms. The van der Waals surface area contributed by atoms with E-state index in [1.54, 1.807) is 39.4 Å². The number of nitrogens with two attached hydrogens (primary N) is 1.